The summed E-state index contributed by atoms with van der Waals surface area (Å²) >= 11 is 0. The fourth-order valence-electron chi connectivity index (χ4n) is 4.30. The number of para-hydroxylation sites is 1. The lowest BCUT2D eigenvalue weighted by molar-refractivity contribution is -0.130. The summed E-state index contributed by atoms with van der Waals surface area (Å²) in [6, 6.07) is 16.8. The Morgan fingerprint density at radius 2 is 1.92 bits per heavy atom. The number of hydrogen-bond acceptors (Lipinski definition) is 4. The van der Waals surface area contributed by atoms with Crippen LogP contribution >= 0.6 is 0 Å². The van der Waals surface area contributed by atoms with Gasteiger partial charge in [0.2, 0.25) is 17.8 Å². The topological polar surface area (TPSA) is 85.0 Å². The van der Waals surface area contributed by atoms with Crippen molar-refractivity contribution >= 4 is 17.8 Å². The number of halogens is 1. The van der Waals surface area contributed by atoms with E-state index in [0.717, 1.165) is 28.9 Å². The molecule has 0 bridgehead atoms. The van der Waals surface area contributed by atoms with Gasteiger partial charge in [-0.25, -0.2) is 9.67 Å². The van der Waals surface area contributed by atoms with Gasteiger partial charge in [-0.05, 0) is 55.5 Å². The van der Waals surface area contributed by atoms with Crippen molar-refractivity contribution in [1.29, 1.82) is 0 Å². The summed E-state index contributed by atoms with van der Waals surface area (Å²) in [5, 5.41) is 6.85. The minimum atomic E-state index is -0.469. The molecule has 2 aromatic heterocycles. The molecule has 2 aromatic carbocycles. The molecule has 0 aliphatic heterocycles. The average Bonchev–Trinajstić information content (AvgIpc) is 3.61. The van der Waals surface area contributed by atoms with E-state index in [1.807, 2.05) is 53.0 Å². The van der Waals surface area contributed by atoms with E-state index < -0.39 is 5.95 Å². The van der Waals surface area contributed by atoms with Gasteiger partial charge in [0.1, 0.15) is 0 Å². The Labute approximate surface area is 214 Å². The molecule has 0 radical (unpaired) electrons. The van der Waals surface area contributed by atoms with Gasteiger partial charge >= 0.3 is 0 Å². The predicted octanol–water partition coefficient (Wildman–Crippen LogP) is 4.61. The molecule has 1 saturated carbocycles. The summed E-state index contributed by atoms with van der Waals surface area (Å²) in [5.41, 5.74) is 2.90. The zero-order valence-corrected chi connectivity index (χ0v) is 20.9. The van der Waals surface area contributed by atoms with Gasteiger partial charge in [0.25, 0.3) is 5.91 Å². The molecule has 9 heteroatoms. The molecule has 2 heterocycles. The lowest BCUT2D eigenvalue weighted by Gasteiger charge is -2.15. The minimum absolute atomic E-state index is 0.156. The van der Waals surface area contributed by atoms with E-state index >= 15 is 0 Å². The minimum Gasteiger partial charge on any atom is -0.343 e. The molecular formula is C28H29FN6O2. The highest BCUT2D eigenvalue weighted by atomic mass is 19.1. The summed E-state index contributed by atoms with van der Waals surface area (Å²) in [5.74, 6) is -0.292. The van der Waals surface area contributed by atoms with Crippen LogP contribution in [0.15, 0.2) is 67.0 Å². The Morgan fingerprint density at radius 3 is 2.62 bits per heavy atom. The maximum Gasteiger partial charge on any atom is 0.258 e. The number of anilines is 1. The third kappa shape index (κ3) is 5.45. The molecule has 1 N–H and O–H groups in total. The molecular weight excluding hydrogens is 471 g/mol. The zero-order valence-electron chi connectivity index (χ0n) is 20.9. The van der Waals surface area contributed by atoms with Crippen LogP contribution in [-0.2, 0) is 18.3 Å². The van der Waals surface area contributed by atoms with Gasteiger partial charge in [0, 0.05) is 44.0 Å². The van der Waals surface area contributed by atoms with Crippen LogP contribution in [0.5, 0.6) is 0 Å². The van der Waals surface area contributed by atoms with Crippen molar-refractivity contribution in [3.05, 3.63) is 84.2 Å². The molecule has 1 aliphatic carbocycles. The first kappa shape index (κ1) is 24.4. The standard InChI is InChI=1S/C28H29FN6O2/c1-33(22-14-15-22)25(36)13-7-10-21-18-35(23-11-4-3-5-12-23)28(31-21)32-27(37)20-9-6-8-19(16-20)24-17-30-34(2)26(24)29/h3-6,8-9,11-12,16-18,22H,7,10,13-15H2,1-2H3,(H,31,32,37). The number of amides is 2. The summed E-state index contributed by atoms with van der Waals surface area (Å²) < 4.78 is 17.4. The Morgan fingerprint density at radius 1 is 1.14 bits per heavy atom. The lowest BCUT2D eigenvalue weighted by Crippen LogP contribution is -2.28. The molecule has 0 saturated heterocycles. The third-order valence-electron chi connectivity index (χ3n) is 6.63. The van der Waals surface area contributed by atoms with E-state index in [1.165, 1.54) is 13.2 Å². The number of benzene rings is 2. The molecule has 1 fully saturated rings. The largest absolute Gasteiger partial charge is 0.343 e. The van der Waals surface area contributed by atoms with Crippen LogP contribution in [0, 0.1) is 5.95 Å². The van der Waals surface area contributed by atoms with Gasteiger partial charge in [-0.1, -0.05) is 30.3 Å². The monoisotopic (exact) mass is 500 g/mol. The Kier molecular flexibility index (Phi) is 6.85. The van der Waals surface area contributed by atoms with Crippen LogP contribution in [0.25, 0.3) is 16.8 Å². The molecule has 0 unspecified atom stereocenters. The molecule has 2 amide bonds. The predicted molar refractivity (Wildman–Crippen MR) is 139 cm³/mol. The van der Waals surface area contributed by atoms with Gasteiger partial charge in [-0.2, -0.15) is 9.49 Å². The highest BCUT2D eigenvalue weighted by Gasteiger charge is 2.29. The fourth-order valence-corrected chi connectivity index (χ4v) is 4.30. The second kappa shape index (κ2) is 10.4. The maximum absolute atomic E-state index is 14.4. The van der Waals surface area contributed by atoms with Gasteiger partial charge in [0.05, 0.1) is 17.5 Å². The van der Waals surface area contributed by atoms with E-state index in [1.54, 1.807) is 24.3 Å². The number of nitrogens with zero attached hydrogens (tertiary/aromatic N) is 5. The van der Waals surface area contributed by atoms with Crippen molar-refractivity contribution in [1.82, 2.24) is 24.2 Å². The number of nitrogens with one attached hydrogen (secondary N) is 1. The van der Waals surface area contributed by atoms with Gasteiger partial charge < -0.3 is 4.90 Å². The third-order valence-corrected chi connectivity index (χ3v) is 6.63. The van der Waals surface area contributed by atoms with E-state index in [-0.39, 0.29) is 11.8 Å². The van der Waals surface area contributed by atoms with E-state index in [9.17, 15) is 14.0 Å². The number of rotatable bonds is 9. The number of aromatic nitrogens is 4. The first-order chi connectivity index (χ1) is 17.9. The summed E-state index contributed by atoms with van der Waals surface area (Å²) in [6.45, 7) is 0. The van der Waals surface area contributed by atoms with E-state index in [2.05, 4.69) is 15.4 Å². The molecule has 0 atom stereocenters. The highest BCUT2D eigenvalue weighted by Crippen LogP contribution is 2.27. The number of imidazole rings is 1. The summed E-state index contributed by atoms with van der Waals surface area (Å²) in [7, 11) is 3.40. The number of carbonyl (C=O) groups is 2. The number of aryl methyl sites for hydroxylation is 2. The quantitative estimate of drug-likeness (QED) is 0.364. The highest BCUT2D eigenvalue weighted by molar-refractivity contribution is 6.04. The molecule has 4 aromatic rings. The molecule has 190 valence electrons. The van der Waals surface area contributed by atoms with Crippen molar-refractivity contribution in [3.8, 4) is 16.8 Å². The van der Waals surface area contributed by atoms with Crippen molar-refractivity contribution < 1.29 is 14.0 Å². The SMILES string of the molecule is CN(C(=O)CCCc1cn(-c2ccccc2)c(NC(=O)c2cccc(-c3cnn(C)c3F)c2)n1)C1CC1. The normalized spacial score (nSPS) is 12.9. The van der Waals surface area contributed by atoms with Crippen LogP contribution < -0.4 is 5.32 Å². The smallest absolute Gasteiger partial charge is 0.258 e. The van der Waals surface area contributed by atoms with Crippen molar-refractivity contribution in [2.24, 2.45) is 7.05 Å². The summed E-state index contributed by atoms with van der Waals surface area (Å²) in [4.78, 5) is 32.1. The second-order valence-corrected chi connectivity index (χ2v) is 9.36. The maximum atomic E-state index is 14.4. The fraction of sp³-hybridized carbons (Fsp3) is 0.286. The molecule has 8 nitrogen and oxygen atoms in total. The molecule has 37 heavy (non-hydrogen) atoms. The van der Waals surface area contributed by atoms with Gasteiger partial charge in [0.15, 0.2) is 0 Å². The van der Waals surface area contributed by atoms with Gasteiger partial charge in [-0.15, -0.1) is 0 Å². The second-order valence-electron chi connectivity index (χ2n) is 9.36. The first-order valence-corrected chi connectivity index (χ1v) is 12.4. The Bertz CT molecular complexity index is 1420. The van der Waals surface area contributed by atoms with Crippen LogP contribution in [0.1, 0.15) is 41.7 Å². The van der Waals surface area contributed by atoms with Crippen LogP contribution in [-0.4, -0.2) is 49.1 Å². The number of hydrogen-bond donors (Lipinski definition) is 1. The zero-order chi connectivity index (χ0) is 25.9. The first-order valence-electron chi connectivity index (χ1n) is 12.4. The molecule has 0 spiro atoms. The van der Waals surface area contributed by atoms with Gasteiger partial charge in [-0.3, -0.25) is 19.5 Å². The Hall–Kier alpha value is -4.27. The van der Waals surface area contributed by atoms with Crippen LogP contribution in [0.2, 0.25) is 0 Å². The van der Waals surface area contributed by atoms with E-state index in [0.29, 0.717) is 47.9 Å². The lowest BCUT2D eigenvalue weighted by atomic mass is 10.1. The van der Waals surface area contributed by atoms with Crippen molar-refractivity contribution in [2.45, 2.75) is 38.1 Å². The van der Waals surface area contributed by atoms with Crippen molar-refractivity contribution in [2.75, 3.05) is 12.4 Å². The molecule has 5 rings (SSSR count). The molecule has 1 aliphatic rings. The van der Waals surface area contributed by atoms with Crippen molar-refractivity contribution in [3.63, 3.8) is 0 Å². The average molecular weight is 501 g/mol. The van der Waals surface area contributed by atoms with Crippen LogP contribution in [0.3, 0.4) is 0 Å². The number of carbonyl (C=O) groups excluding carboxylic acids is 2. The van der Waals surface area contributed by atoms with Crippen LogP contribution in [0.4, 0.5) is 10.3 Å². The van der Waals surface area contributed by atoms with E-state index in [4.69, 9.17) is 0 Å². The Balaban J connectivity index is 1.34. The summed E-state index contributed by atoms with van der Waals surface area (Å²) in [6.07, 6.45) is 7.26.